The first-order valence-electron chi connectivity index (χ1n) is 39.2. The van der Waals surface area contributed by atoms with Gasteiger partial charge in [-0.15, -0.1) is 13.2 Å². The van der Waals surface area contributed by atoms with E-state index in [0.29, 0.717) is 0 Å². The topological polar surface area (TPSA) is 614 Å². The van der Waals surface area contributed by atoms with Crippen LogP contribution in [-0.4, -0.2) is 241 Å². The Bertz CT molecular complexity index is 5150. The van der Waals surface area contributed by atoms with Crippen molar-refractivity contribution < 1.29 is 145 Å². The number of urea groups is 2. The maximum Gasteiger partial charge on any atom is 0.573 e. The molecule has 11 bridgehead atoms. The van der Waals surface area contributed by atoms with Crippen LogP contribution in [0.5, 0.6) is 51.7 Å². The molecule has 19 atom stereocenters. The van der Waals surface area contributed by atoms with Crippen molar-refractivity contribution in [2.45, 2.75) is 169 Å². The summed E-state index contributed by atoms with van der Waals surface area (Å²) in [6.07, 6.45) is -25.7. The lowest BCUT2D eigenvalue weighted by atomic mass is 9.84. The minimum atomic E-state index is -4.96. The van der Waals surface area contributed by atoms with Gasteiger partial charge in [0.05, 0.1) is 54.0 Å². The molecule has 6 aromatic rings. The average Bonchev–Trinajstić information content (AvgIpc) is 0.764. The molecule has 0 saturated carbocycles. The van der Waals surface area contributed by atoms with Crippen molar-refractivity contribution in [2.75, 3.05) is 45.2 Å². The Hall–Kier alpha value is -11.9. The van der Waals surface area contributed by atoms with Crippen LogP contribution in [0.2, 0.25) is 10.0 Å². The number of ether oxygens (including phenoxy) is 8. The Labute approximate surface area is 723 Å². The second-order valence-corrected chi connectivity index (χ2v) is 31.9. The molecule has 19 unspecified atom stereocenters. The number of morpholine rings is 1. The van der Waals surface area contributed by atoms with E-state index in [-0.39, 0.29) is 61.8 Å². The van der Waals surface area contributed by atoms with Crippen LogP contribution in [0.3, 0.4) is 0 Å². The van der Waals surface area contributed by atoms with Gasteiger partial charge >= 0.3 is 18.4 Å². The van der Waals surface area contributed by atoms with Crippen molar-refractivity contribution >= 4 is 88.2 Å². The minimum absolute atomic E-state index is 0.0121. The fourth-order valence-corrected chi connectivity index (χ4v) is 15.6. The smallest absolute Gasteiger partial charge is 0.508 e. The van der Waals surface area contributed by atoms with Gasteiger partial charge < -0.3 is 148 Å². The highest BCUT2D eigenvalue weighted by atomic mass is 35.5. The quantitative estimate of drug-likeness (QED) is 0.0537. The number of nitrogens with one attached hydrogen (secondary N) is 11. The third-order valence-corrected chi connectivity index (χ3v) is 22.1. The Morgan fingerprint density at radius 1 is 0.714 bits per heavy atom. The first kappa shape index (κ1) is 93.3. The highest BCUT2D eigenvalue weighted by molar-refractivity contribution is 6.32. The number of hydrazine groups is 1. The van der Waals surface area contributed by atoms with E-state index in [1.165, 1.54) is 37.1 Å². The molecule has 0 aromatic heterocycles. The number of hydrogen-bond donors (Lipinski definition) is 22. The lowest BCUT2D eigenvalue weighted by molar-refractivity contribution is -0.334. The Balaban J connectivity index is 0.999. The number of phenols is 3. The van der Waals surface area contributed by atoms with Crippen LogP contribution in [0.25, 0.3) is 11.1 Å². The molecule has 12 amide bonds. The molecule has 41 nitrogen and oxygen atoms in total. The van der Waals surface area contributed by atoms with E-state index in [0.717, 1.165) is 84.9 Å². The van der Waals surface area contributed by atoms with Crippen LogP contribution < -0.4 is 89.1 Å². The number of rotatable bonds is 18. The molecular weight excluding hydrogens is 1720 g/mol. The first-order chi connectivity index (χ1) is 59.6. The lowest BCUT2D eigenvalue weighted by Crippen LogP contribution is -2.66. The zero-order valence-corrected chi connectivity index (χ0v) is 68.8. The maximum absolute atomic E-state index is 16.3. The summed E-state index contributed by atoms with van der Waals surface area (Å²) >= 11 is 14.3. The zero-order valence-electron chi connectivity index (χ0n) is 67.3. The van der Waals surface area contributed by atoms with Gasteiger partial charge in [-0.25, -0.2) is 15.0 Å². The zero-order chi connectivity index (χ0) is 91.4. The molecule has 0 aliphatic carbocycles. The molecule has 6 aromatic carbocycles. The predicted octanol–water partition coefficient (Wildman–Crippen LogP) is 1.18. The van der Waals surface area contributed by atoms with E-state index in [4.69, 9.17) is 67.8 Å². The minimum Gasteiger partial charge on any atom is -0.508 e. The summed E-state index contributed by atoms with van der Waals surface area (Å²) in [5.74, 6) is -16.9. The molecule has 24 N–H and O–H groups in total. The number of halogens is 5. The van der Waals surface area contributed by atoms with Crippen LogP contribution >= 0.6 is 23.2 Å². The SMILES string of the molecule is CNC(CC(C)C)C(=O)NC1C(=O)NC(CC(N)=O)C(=O)NC2C(=O)NC3C(=O)NC(C(=O)NC(C(=O)NNC(N)=O)c4cc(O)cc(O)c4-c4cc3ccc4O)C(O)c3ccc(c(Cl)c3)Oc3cc2cc(c3OC2OC(CO)C(O)C(O)C2OC2CC(C)(NCC3CN(C(=O)Nc4ccc(OC(F)(F)F)cc4)CCO3)C(O)C(C)O2)Oc2ccc(cc2Cl)C1O. The normalized spacial score (nSPS) is 27.2. The molecule has 14 rings (SSSR count). The first-order valence-corrected chi connectivity index (χ1v) is 39.9. The molecular formula is C80H91Cl2F3N14O27. The molecule has 3 saturated heterocycles. The third-order valence-electron chi connectivity index (χ3n) is 21.6. The van der Waals surface area contributed by atoms with E-state index in [1.807, 2.05) is 10.9 Å². The number of fused-ring (bicyclic) bond motifs is 15. The number of carbonyl (C=O) groups is 10. The fourth-order valence-electron chi connectivity index (χ4n) is 15.2. The van der Waals surface area contributed by atoms with Crippen LogP contribution in [0.4, 0.5) is 28.4 Å². The summed E-state index contributed by atoms with van der Waals surface area (Å²) < 4.78 is 87.9. The number of nitrogens with zero attached hydrogens (tertiary/aromatic N) is 1. The number of aliphatic hydroxyl groups is 6. The van der Waals surface area contributed by atoms with E-state index in [9.17, 15) is 83.1 Å². The number of phenolic OH excluding ortho intramolecular Hbond substituents is 3. The molecule has 0 radical (unpaired) electrons. The number of carbonyl (C=O) groups excluding carboxylic acids is 10. The molecule has 46 heteroatoms. The van der Waals surface area contributed by atoms with E-state index in [1.54, 1.807) is 20.8 Å². The number of nitrogens with two attached hydrogens (primary N) is 2. The van der Waals surface area contributed by atoms with E-state index < -0.39 is 284 Å². The number of aromatic hydroxyl groups is 3. The Morgan fingerprint density at radius 3 is 1.97 bits per heavy atom. The second kappa shape index (κ2) is 38.9. The Kier molecular flexibility index (Phi) is 28.8. The average molecular weight is 1810 g/mol. The van der Waals surface area contributed by atoms with Gasteiger partial charge in [0, 0.05) is 54.5 Å². The standard InChI is InChI=1S/C80H91Cl2F3N14O27/c1-31(2)18-45(88-5)69(110)95-60-62(105)34-7-14-49(43(81)20-34)121-51-22-36-23-52(66(51)125-76-67(65(108)64(107)53(30-100)123-76)124-55-27-79(4,68(109)32(3)120-55)89-28-40-29-99(16-17-119-40)78(118)90-37-9-11-39(12-10-37)126-80(83,84)85)122-50-15-8-35(21-44(50)82)63(106)61-74(115)94-59(75(116)97-98-77(87)117)42-24-38(101)25-48(103)56(42)41-19-33(6-13-47(41)102)57(71(112)96-61)93-72(113)58(36)92-70(111)46(26-54(86)104)91-73(60)114/h6-15,19-25,31-32,40,45-46,53,55,57-65,67-68,76,88-89,100-103,105-109H,16-18,26-30H2,1-5H3,(H2,86,104)(H,90,118)(H,91,114)(H,92,111)(H,93,113)(H,94,115)(H,95,110)(H,96,112)(H,97,116)(H3,87,98,117). The molecule has 678 valence electrons. The number of amides is 12. The summed E-state index contributed by atoms with van der Waals surface area (Å²) in [5.41, 5.74) is 10.4. The number of alkyl halides is 3. The molecule has 8 aliphatic heterocycles. The van der Waals surface area contributed by atoms with Gasteiger partial charge in [-0.2, -0.15) is 0 Å². The van der Waals surface area contributed by atoms with Gasteiger partial charge in [0.25, 0.3) is 5.91 Å². The van der Waals surface area contributed by atoms with Crippen molar-refractivity contribution in [3.63, 3.8) is 0 Å². The van der Waals surface area contributed by atoms with Gasteiger partial charge in [0.2, 0.25) is 53.4 Å². The van der Waals surface area contributed by atoms with Gasteiger partial charge in [0.15, 0.2) is 23.9 Å². The number of likely N-dealkylation sites (N-methyl/N-ethyl adjacent to an activating group) is 1. The predicted molar refractivity (Wildman–Crippen MR) is 430 cm³/mol. The number of anilines is 1. The monoisotopic (exact) mass is 1810 g/mol. The van der Waals surface area contributed by atoms with Crippen LogP contribution in [0, 0.1) is 5.92 Å². The maximum atomic E-state index is 16.3. The second-order valence-electron chi connectivity index (χ2n) is 31.1. The molecule has 8 aliphatic rings. The summed E-state index contributed by atoms with van der Waals surface area (Å²) in [6.45, 7) is 5.57. The number of hydrogen-bond acceptors (Lipinski definition) is 29. The summed E-state index contributed by atoms with van der Waals surface area (Å²) in [7, 11) is 1.45. The van der Waals surface area contributed by atoms with Crippen molar-refractivity contribution in [3.05, 3.63) is 141 Å². The summed E-state index contributed by atoms with van der Waals surface area (Å²) in [4.78, 5) is 147. The van der Waals surface area contributed by atoms with Crippen LogP contribution in [-0.2, 0) is 57.3 Å². The van der Waals surface area contributed by atoms with Gasteiger partial charge in [0.1, 0.15) is 101 Å². The molecule has 0 spiro atoms. The highest BCUT2D eigenvalue weighted by Crippen LogP contribution is 2.50. The lowest BCUT2D eigenvalue weighted by Gasteiger charge is -2.49. The van der Waals surface area contributed by atoms with E-state index in [2.05, 4.69) is 52.6 Å². The summed E-state index contributed by atoms with van der Waals surface area (Å²) in [5, 5.41) is 129. The van der Waals surface area contributed by atoms with Gasteiger partial charge in [-0.05, 0) is 140 Å². The number of aliphatic hydroxyl groups excluding tert-OH is 6. The molecule has 3 fully saturated rings. The summed E-state index contributed by atoms with van der Waals surface area (Å²) in [6, 6.07) is 1.04. The van der Waals surface area contributed by atoms with Crippen LogP contribution in [0.15, 0.2) is 103 Å². The van der Waals surface area contributed by atoms with Crippen molar-refractivity contribution in [2.24, 2.45) is 17.4 Å². The van der Waals surface area contributed by atoms with Crippen molar-refractivity contribution in [1.29, 1.82) is 0 Å². The van der Waals surface area contributed by atoms with Gasteiger partial charge in [-0.3, -0.25) is 43.8 Å². The van der Waals surface area contributed by atoms with Crippen molar-refractivity contribution in [1.82, 2.24) is 58.3 Å². The number of benzene rings is 6. The molecule has 126 heavy (non-hydrogen) atoms. The largest absolute Gasteiger partial charge is 0.573 e. The number of primary amides is 2. The molecule has 8 heterocycles. The highest BCUT2D eigenvalue weighted by Gasteiger charge is 2.53. The third kappa shape index (κ3) is 21.4. The Morgan fingerprint density at radius 2 is 1.35 bits per heavy atom. The van der Waals surface area contributed by atoms with Crippen molar-refractivity contribution in [3.8, 4) is 62.9 Å². The van der Waals surface area contributed by atoms with E-state index >= 15 is 24.0 Å². The van der Waals surface area contributed by atoms with Crippen LogP contribution in [0.1, 0.15) is 105 Å². The fraction of sp³-hybridized carbons (Fsp3) is 0.425. The van der Waals surface area contributed by atoms with Gasteiger partial charge in [-0.1, -0.05) is 55.2 Å².